The van der Waals surface area contributed by atoms with E-state index in [1.54, 1.807) is 29.2 Å². The zero-order chi connectivity index (χ0) is 18.1. The summed E-state index contributed by atoms with van der Waals surface area (Å²) < 4.78 is 0. The Bertz CT molecular complexity index is 979. The summed E-state index contributed by atoms with van der Waals surface area (Å²) in [7, 11) is 0. The van der Waals surface area contributed by atoms with Crippen molar-refractivity contribution in [3.63, 3.8) is 0 Å². The number of fused-ring (bicyclic) bond motifs is 1. The summed E-state index contributed by atoms with van der Waals surface area (Å²) in [6.07, 6.45) is 0.208. The lowest BCUT2D eigenvalue weighted by Crippen LogP contribution is -2.28. The highest BCUT2D eigenvalue weighted by Gasteiger charge is 2.35. The van der Waals surface area contributed by atoms with Gasteiger partial charge in [0.25, 0.3) is 0 Å². The first-order chi connectivity index (χ1) is 12.6. The lowest BCUT2D eigenvalue weighted by Gasteiger charge is -2.17. The molecule has 0 aromatic heterocycles. The van der Waals surface area contributed by atoms with E-state index in [9.17, 15) is 9.59 Å². The van der Waals surface area contributed by atoms with E-state index in [0.717, 1.165) is 22.1 Å². The molecule has 5 heteroatoms. The van der Waals surface area contributed by atoms with Crippen molar-refractivity contribution in [2.45, 2.75) is 6.42 Å². The number of hydrogen-bond acceptors (Lipinski definition) is 2. The summed E-state index contributed by atoms with van der Waals surface area (Å²) >= 11 is 5.90. The lowest BCUT2D eigenvalue weighted by atomic mass is 10.1. The van der Waals surface area contributed by atoms with E-state index in [1.165, 1.54) is 0 Å². The molecule has 3 aromatic carbocycles. The Hall–Kier alpha value is -2.85. The van der Waals surface area contributed by atoms with Crippen LogP contribution >= 0.6 is 11.6 Å². The highest BCUT2D eigenvalue weighted by Crippen LogP contribution is 2.28. The van der Waals surface area contributed by atoms with Gasteiger partial charge < -0.3 is 10.2 Å². The van der Waals surface area contributed by atoms with Crippen molar-refractivity contribution in [1.82, 2.24) is 0 Å². The molecule has 1 saturated heterocycles. The number of nitrogens with zero attached hydrogens (tertiary/aromatic N) is 1. The van der Waals surface area contributed by atoms with Gasteiger partial charge in [0.2, 0.25) is 11.8 Å². The smallest absolute Gasteiger partial charge is 0.229 e. The monoisotopic (exact) mass is 364 g/mol. The van der Waals surface area contributed by atoms with Crippen molar-refractivity contribution in [3.8, 4) is 0 Å². The minimum absolute atomic E-state index is 0.0506. The van der Waals surface area contributed by atoms with Gasteiger partial charge in [-0.15, -0.1) is 0 Å². The number of carbonyl (C=O) groups excluding carboxylic acids is 2. The molecule has 130 valence electrons. The number of hydrogen-bond donors (Lipinski definition) is 1. The van der Waals surface area contributed by atoms with Crippen molar-refractivity contribution in [2.75, 3.05) is 16.8 Å². The van der Waals surface area contributed by atoms with Gasteiger partial charge in [0.15, 0.2) is 0 Å². The topological polar surface area (TPSA) is 49.4 Å². The van der Waals surface area contributed by atoms with Crippen molar-refractivity contribution in [2.24, 2.45) is 5.92 Å². The lowest BCUT2D eigenvalue weighted by molar-refractivity contribution is -0.122. The molecular formula is C21H17ClN2O2. The maximum Gasteiger partial charge on any atom is 0.229 e. The molecule has 0 bridgehead atoms. The molecule has 1 aliphatic heterocycles. The highest BCUT2D eigenvalue weighted by molar-refractivity contribution is 6.30. The van der Waals surface area contributed by atoms with Crippen LogP contribution in [0.3, 0.4) is 0 Å². The van der Waals surface area contributed by atoms with Gasteiger partial charge in [-0.1, -0.05) is 48.0 Å². The van der Waals surface area contributed by atoms with Crippen LogP contribution in [0.15, 0.2) is 66.7 Å². The van der Waals surface area contributed by atoms with Crippen LogP contribution in [-0.2, 0) is 9.59 Å². The number of amides is 2. The SMILES string of the molecule is O=C(Nc1cccc2ccccc12)[C@H]1CC(=O)N(c2ccc(Cl)cc2)C1. The molecule has 4 nitrogen and oxygen atoms in total. The predicted molar refractivity (Wildman–Crippen MR) is 104 cm³/mol. The first-order valence-corrected chi connectivity index (χ1v) is 8.84. The molecule has 1 atom stereocenters. The van der Waals surface area contributed by atoms with E-state index >= 15 is 0 Å². The van der Waals surface area contributed by atoms with Gasteiger partial charge in [-0.25, -0.2) is 0 Å². The standard InChI is InChI=1S/C21H17ClN2O2/c22-16-8-10-17(11-9-16)24-13-15(12-20(24)25)21(26)23-19-7-3-5-14-4-1-2-6-18(14)19/h1-11,15H,12-13H2,(H,23,26)/t15-/m0/s1. The fraction of sp³-hybridized carbons (Fsp3) is 0.143. The Morgan fingerprint density at radius 1 is 1.00 bits per heavy atom. The normalized spacial score (nSPS) is 16.9. The molecule has 1 N–H and O–H groups in total. The van der Waals surface area contributed by atoms with E-state index in [4.69, 9.17) is 11.6 Å². The first-order valence-electron chi connectivity index (χ1n) is 8.46. The van der Waals surface area contributed by atoms with Crippen molar-refractivity contribution in [3.05, 3.63) is 71.8 Å². The fourth-order valence-corrected chi connectivity index (χ4v) is 3.45. The van der Waals surface area contributed by atoms with E-state index in [2.05, 4.69) is 5.32 Å². The fourth-order valence-electron chi connectivity index (χ4n) is 3.32. The molecular weight excluding hydrogens is 348 g/mol. The molecule has 0 unspecified atom stereocenters. The zero-order valence-electron chi connectivity index (χ0n) is 14.0. The Kier molecular flexibility index (Phi) is 4.35. The van der Waals surface area contributed by atoms with Crippen LogP contribution in [-0.4, -0.2) is 18.4 Å². The highest BCUT2D eigenvalue weighted by atomic mass is 35.5. The Labute approximate surface area is 156 Å². The van der Waals surface area contributed by atoms with E-state index < -0.39 is 0 Å². The molecule has 0 saturated carbocycles. The quantitative estimate of drug-likeness (QED) is 0.744. The molecule has 26 heavy (non-hydrogen) atoms. The number of halogens is 1. The van der Waals surface area contributed by atoms with Crippen molar-refractivity contribution < 1.29 is 9.59 Å². The number of nitrogens with one attached hydrogen (secondary N) is 1. The summed E-state index contributed by atoms with van der Waals surface area (Å²) in [6.45, 7) is 0.372. The second-order valence-corrected chi connectivity index (χ2v) is 6.83. The van der Waals surface area contributed by atoms with Crippen LogP contribution in [0.5, 0.6) is 0 Å². The van der Waals surface area contributed by atoms with Crippen LogP contribution in [0.1, 0.15) is 6.42 Å². The molecule has 0 spiro atoms. The Balaban J connectivity index is 1.52. The molecule has 3 aromatic rings. The number of anilines is 2. The number of rotatable bonds is 3. The maximum absolute atomic E-state index is 12.7. The predicted octanol–water partition coefficient (Wildman–Crippen LogP) is 4.48. The van der Waals surface area contributed by atoms with Gasteiger partial charge in [0, 0.05) is 34.7 Å². The molecule has 2 amide bonds. The molecule has 1 aliphatic rings. The molecule has 0 radical (unpaired) electrons. The van der Waals surface area contributed by atoms with Gasteiger partial charge in [0.05, 0.1) is 5.92 Å². The van der Waals surface area contributed by atoms with Gasteiger partial charge in [-0.3, -0.25) is 9.59 Å². The van der Waals surface area contributed by atoms with Crippen molar-refractivity contribution in [1.29, 1.82) is 0 Å². The molecule has 1 fully saturated rings. The Morgan fingerprint density at radius 2 is 1.73 bits per heavy atom. The minimum atomic E-state index is -0.378. The number of benzene rings is 3. The van der Waals surface area contributed by atoms with Crippen LogP contribution in [0.2, 0.25) is 5.02 Å². The molecule has 4 rings (SSSR count). The van der Waals surface area contributed by atoms with E-state index in [0.29, 0.717) is 11.6 Å². The van der Waals surface area contributed by atoms with Crippen LogP contribution < -0.4 is 10.2 Å². The first kappa shape index (κ1) is 16.6. The second kappa shape index (κ2) is 6.81. The summed E-state index contributed by atoms with van der Waals surface area (Å²) in [5.74, 6) is -0.561. The van der Waals surface area contributed by atoms with E-state index in [1.807, 2.05) is 42.5 Å². The summed E-state index contributed by atoms with van der Waals surface area (Å²) in [5.41, 5.74) is 1.53. The summed E-state index contributed by atoms with van der Waals surface area (Å²) in [6, 6.07) is 20.8. The molecule has 0 aliphatic carbocycles. The van der Waals surface area contributed by atoms with Gasteiger partial charge in [-0.2, -0.15) is 0 Å². The van der Waals surface area contributed by atoms with Crippen molar-refractivity contribution >= 4 is 45.6 Å². The minimum Gasteiger partial charge on any atom is -0.325 e. The average Bonchev–Trinajstić information content (AvgIpc) is 3.05. The molecule has 1 heterocycles. The van der Waals surface area contributed by atoms with Gasteiger partial charge >= 0.3 is 0 Å². The van der Waals surface area contributed by atoms with E-state index in [-0.39, 0.29) is 24.2 Å². The maximum atomic E-state index is 12.7. The van der Waals surface area contributed by atoms with Crippen LogP contribution in [0, 0.1) is 5.92 Å². The van der Waals surface area contributed by atoms with Gasteiger partial charge in [0.1, 0.15) is 0 Å². The van der Waals surface area contributed by atoms with Crippen LogP contribution in [0.25, 0.3) is 10.8 Å². The average molecular weight is 365 g/mol. The number of carbonyl (C=O) groups is 2. The van der Waals surface area contributed by atoms with Gasteiger partial charge in [-0.05, 0) is 35.7 Å². The Morgan fingerprint density at radius 3 is 2.54 bits per heavy atom. The third-order valence-corrected chi connectivity index (χ3v) is 4.93. The third kappa shape index (κ3) is 3.16. The largest absolute Gasteiger partial charge is 0.325 e. The third-order valence-electron chi connectivity index (χ3n) is 4.68. The zero-order valence-corrected chi connectivity index (χ0v) is 14.7. The van der Waals surface area contributed by atoms with Crippen LogP contribution in [0.4, 0.5) is 11.4 Å². The second-order valence-electron chi connectivity index (χ2n) is 6.40. The summed E-state index contributed by atoms with van der Waals surface area (Å²) in [4.78, 5) is 26.7. The summed E-state index contributed by atoms with van der Waals surface area (Å²) in [5, 5.41) is 5.66.